The Morgan fingerprint density at radius 1 is 1.27 bits per heavy atom. The minimum Gasteiger partial charge on any atom is -0.444 e. The fourth-order valence-corrected chi connectivity index (χ4v) is 2.99. The molecule has 2 amide bonds. The maximum absolute atomic E-state index is 12.4. The minimum atomic E-state index is -0.503. The number of hydrogen-bond donors (Lipinski definition) is 2. The third kappa shape index (κ3) is 4.87. The molecule has 126 valence electrons. The predicted molar refractivity (Wildman–Crippen MR) is 82.5 cm³/mol. The highest BCUT2D eigenvalue weighted by molar-refractivity contribution is 5.80. The molecule has 2 N–H and O–H groups in total. The molecule has 1 aliphatic carbocycles. The molecule has 0 aromatic carbocycles. The predicted octanol–water partition coefficient (Wildman–Crippen LogP) is 1.97. The summed E-state index contributed by atoms with van der Waals surface area (Å²) in [5, 5.41) is 5.96. The van der Waals surface area contributed by atoms with Crippen molar-refractivity contribution in [3.8, 4) is 0 Å². The summed E-state index contributed by atoms with van der Waals surface area (Å²) in [5.74, 6) is 0.0267. The molecule has 2 rings (SSSR count). The second-order valence-corrected chi connectivity index (χ2v) is 7.71. The summed E-state index contributed by atoms with van der Waals surface area (Å²) in [6.07, 6.45) is 2.72. The summed E-state index contributed by atoms with van der Waals surface area (Å²) < 4.78 is 10.6. The van der Waals surface area contributed by atoms with E-state index >= 15 is 0 Å². The van der Waals surface area contributed by atoms with E-state index in [-0.39, 0.29) is 23.4 Å². The van der Waals surface area contributed by atoms with Crippen molar-refractivity contribution in [1.82, 2.24) is 10.6 Å². The number of nitrogens with one attached hydrogen (secondary N) is 2. The Hall–Kier alpha value is -1.30. The fourth-order valence-electron chi connectivity index (χ4n) is 2.99. The molecular weight excluding hydrogens is 284 g/mol. The van der Waals surface area contributed by atoms with Crippen molar-refractivity contribution in [2.24, 2.45) is 5.92 Å². The largest absolute Gasteiger partial charge is 0.444 e. The van der Waals surface area contributed by atoms with Gasteiger partial charge in [0, 0.05) is 18.6 Å². The summed E-state index contributed by atoms with van der Waals surface area (Å²) >= 11 is 0. The lowest BCUT2D eigenvalue weighted by atomic mass is 9.99. The highest BCUT2D eigenvalue weighted by Crippen LogP contribution is 2.28. The molecule has 0 aromatic heterocycles. The maximum atomic E-state index is 12.4. The smallest absolute Gasteiger partial charge is 0.407 e. The molecule has 0 spiro atoms. The Morgan fingerprint density at radius 3 is 2.59 bits per heavy atom. The molecule has 1 heterocycles. The Balaban J connectivity index is 1.77. The third-order valence-electron chi connectivity index (χ3n) is 4.17. The highest BCUT2D eigenvalue weighted by atomic mass is 16.6. The molecule has 1 saturated carbocycles. The molecule has 6 heteroatoms. The van der Waals surface area contributed by atoms with Crippen LogP contribution < -0.4 is 10.6 Å². The Labute approximate surface area is 132 Å². The molecule has 3 atom stereocenters. The van der Waals surface area contributed by atoms with E-state index in [0.29, 0.717) is 19.6 Å². The van der Waals surface area contributed by atoms with Crippen LogP contribution in [0, 0.1) is 5.92 Å². The second kappa shape index (κ2) is 6.44. The average Bonchev–Trinajstić information content (AvgIpc) is 2.96. The van der Waals surface area contributed by atoms with E-state index in [1.165, 1.54) is 0 Å². The summed E-state index contributed by atoms with van der Waals surface area (Å²) in [7, 11) is 0. The van der Waals surface area contributed by atoms with E-state index < -0.39 is 11.7 Å². The lowest BCUT2D eigenvalue weighted by Crippen LogP contribution is -2.48. The number of hydrogen-bond acceptors (Lipinski definition) is 4. The van der Waals surface area contributed by atoms with Crippen LogP contribution in [0.2, 0.25) is 0 Å². The number of alkyl carbamates (subject to hydrolysis) is 1. The van der Waals surface area contributed by atoms with Crippen LogP contribution in [-0.4, -0.2) is 42.4 Å². The molecule has 6 nitrogen and oxygen atoms in total. The van der Waals surface area contributed by atoms with E-state index in [1.54, 1.807) is 0 Å². The monoisotopic (exact) mass is 312 g/mol. The molecule has 22 heavy (non-hydrogen) atoms. The normalized spacial score (nSPS) is 31.8. The van der Waals surface area contributed by atoms with Gasteiger partial charge in [-0.1, -0.05) is 0 Å². The van der Waals surface area contributed by atoms with Gasteiger partial charge in [-0.3, -0.25) is 4.79 Å². The van der Waals surface area contributed by atoms with Gasteiger partial charge in [-0.05, 0) is 53.4 Å². The number of amides is 2. The van der Waals surface area contributed by atoms with E-state index in [4.69, 9.17) is 9.47 Å². The van der Waals surface area contributed by atoms with E-state index in [9.17, 15) is 9.59 Å². The first-order valence-electron chi connectivity index (χ1n) is 8.06. The first kappa shape index (κ1) is 17.1. The standard InChI is InChI=1S/C16H28N2O4/c1-15(2,3)22-14(20)17-12-6-5-11(9-12)13(19)18-16(4)7-8-21-10-16/h11-12H,5-10H2,1-4H3,(H,17,20)(H,18,19)/t11-,12-,16-/m0/s1. The van der Waals surface area contributed by atoms with Gasteiger partial charge in [0.2, 0.25) is 5.91 Å². The minimum absolute atomic E-state index is 0.0123. The highest BCUT2D eigenvalue weighted by Gasteiger charge is 2.37. The van der Waals surface area contributed by atoms with Crippen molar-refractivity contribution in [2.45, 2.75) is 70.6 Å². The molecule has 0 bridgehead atoms. The number of ether oxygens (including phenoxy) is 2. The van der Waals surface area contributed by atoms with Crippen LogP contribution in [0.25, 0.3) is 0 Å². The van der Waals surface area contributed by atoms with Crippen molar-refractivity contribution in [2.75, 3.05) is 13.2 Å². The maximum Gasteiger partial charge on any atom is 0.407 e. The lowest BCUT2D eigenvalue weighted by molar-refractivity contribution is -0.126. The van der Waals surface area contributed by atoms with Gasteiger partial charge < -0.3 is 20.1 Å². The molecule has 0 radical (unpaired) electrons. The van der Waals surface area contributed by atoms with Gasteiger partial charge in [0.05, 0.1) is 12.1 Å². The molecule has 1 aliphatic heterocycles. The number of carbonyl (C=O) groups excluding carboxylic acids is 2. The van der Waals surface area contributed by atoms with Gasteiger partial charge in [-0.15, -0.1) is 0 Å². The zero-order valence-electron chi connectivity index (χ0n) is 14.0. The van der Waals surface area contributed by atoms with E-state index in [0.717, 1.165) is 19.3 Å². The Bertz CT molecular complexity index is 424. The van der Waals surface area contributed by atoms with Crippen LogP contribution >= 0.6 is 0 Å². The zero-order valence-corrected chi connectivity index (χ0v) is 14.0. The van der Waals surface area contributed by atoms with Crippen LogP contribution in [0.3, 0.4) is 0 Å². The van der Waals surface area contributed by atoms with Crippen molar-refractivity contribution >= 4 is 12.0 Å². The number of rotatable bonds is 3. The molecule has 1 saturated heterocycles. The Kier molecular flexibility index (Phi) is 5.00. The topological polar surface area (TPSA) is 76.7 Å². The summed E-state index contributed by atoms with van der Waals surface area (Å²) in [6, 6.07) is 0.0123. The number of carbonyl (C=O) groups is 2. The average molecular weight is 312 g/mol. The molecular formula is C16H28N2O4. The quantitative estimate of drug-likeness (QED) is 0.835. The van der Waals surface area contributed by atoms with Crippen LogP contribution in [0.4, 0.5) is 4.79 Å². The molecule has 0 aromatic rings. The summed E-state index contributed by atoms with van der Waals surface area (Å²) in [4.78, 5) is 24.1. The fraction of sp³-hybridized carbons (Fsp3) is 0.875. The summed E-state index contributed by atoms with van der Waals surface area (Å²) in [5.41, 5.74) is -0.746. The molecule has 0 unspecified atom stereocenters. The van der Waals surface area contributed by atoms with Crippen LogP contribution in [-0.2, 0) is 14.3 Å². The summed E-state index contributed by atoms with van der Waals surface area (Å²) in [6.45, 7) is 8.80. The van der Waals surface area contributed by atoms with Crippen molar-refractivity contribution < 1.29 is 19.1 Å². The first-order chi connectivity index (χ1) is 10.2. The SMILES string of the molecule is CC(C)(C)OC(=O)N[C@H]1CC[C@H](C(=O)N[C@@]2(C)CCOC2)C1. The van der Waals surface area contributed by atoms with Crippen LogP contribution in [0.5, 0.6) is 0 Å². The van der Waals surface area contributed by atoms with Crippen LogP contribution in [0.15, 0.2) is 0 Å². The second-order valence-electron chi connectivity index (χ2n) is 7.71. The lowest BCUT2D eigenvalue weighted by Gasteiger charge is -2.25. The molecule has 2 aliphatic rings. The van der Waals surface area contributed by atoms with Gasteiger partial charge >= 0.3 is 6.09 Å². The van der Waals surface area contributed by atoms with Crippen molar-refractivity contribution in [3.05, 3.63) is 0 Å². The van der Waals surface area contributed by atoms with Crippen molar-refractivity contribution in [3.63, 3.8) is 0 Å². The molecule has 2 fully saturated rings. The first-order valence-corrected chi connectivity index (χ1v) is 8.06. The van der Waals surface area contributed by atoms with Gasteiger partial charge in [-0.25, -0.2) is 4.79 Å². The van der Waals surface area contributed by atoms with E-state index in [2.05, 4.69) is 10.6 Å². The van der Waals surface area contributed by atoms with Gasteiger partial charge in [-0.2, -0.15) is 0 Å². The third-order valence-corrected chi connectivity index (χ3v) is 4.17. The van der Waals surface area contributed by atoms with Crippen molar-refractivity contribution in [1.29, 1.82) is 0 Å². The zero-order chi connectivity index (χ0) is 16.4. The Morgan fingerprint density at radius 2 is 2.00 bits per heavy atom. The van der Waals surface area contributed by atoms with Gasteiger partial charge in [0.15, 0.2) is 0 Å². The van der Waals surface area contributed by atoms with E-state index in [1.807, 2.05) is 27.7 Å². The van der Waals surface area contributed by atoms with Gasteiger partial charge in [0.1, 0.15) is 5.60 Å². The van der Waals surface area contributed by atoms with Crippen LogP contribution in [0.1, 0.15) is 53.4 Å². The van der Waals surface area contributed by atoms with Gasteiger partial charge in [0.25, 0.3) is 0 Å².